The smallest absolute Gasteiger partial charge is 0.338 e. The van der Waals surface area contributed by atoms with Gasteiger partial charge < -0.3 is 29.5 Å². The average Bonchev–Trinajstić information content (AvgIpc) is 3.14. The molecule has 3 aromatic carbocycles. The van der Waals surface area contributed by atoms with Gasteiger partial charge in [-0.1, -0.05) is 71.7 Å². The third-order valence-corrected chi connectivity index (χ3v) is 10.3. The van der Waals surface area contributed by atoms with E-state index in [0.29, 0.717) is 51.8 Å². The molecule has 3 atom stereocenters. The zero-order valence-electron chi connectivity index (χ0n) is 28.6. The summed E-state index contributed by atoms with van der Waals surface area (Å²) in [6, 6.07) is 21.4. The molecule has 4 heterocycles. The van der Waals surface area contributed by atoms with Gasteiger partial charge in [0.2, 0.25) is 0 Å². The number of pyridine rings is 1. The molecular weight excluding hydrogens is 693 g/mol. The average molecular weight is 735 g/mol. The van der Waals surface area contributed by atoms with E-state index in [1.54, 1.807) is 36.4 Å². The van der Waals surface area contributed by atoms with Crippen LogP contribution >= 0.6 is 23.2 Å². The number of methoxy groups -OCH3 is 2. The van der Waals surface area contributed by atoms with Crippen molar-refractivity contribution in [3.05, 3.63) is 128 Å². The maximum atomic E-state index is 13.7. The SMILES string of the molecule is COc1ccc([C@H](Cc2c(Cl)c[n+]([O-])cc2Cl)OC(=O)c2cccc(CCNC(C(=O)O[C@H]3CN4CCC3CC4)c3ccccc3)c2)cc1OC. The fourth-order valence-electron chi connectivity index (χ4n) is 6.85. The monoisotopic (exact) mass is 733 g/mol. The van der Waals surface area contributed by atoms with Crippen LogP contribution in [0.2, 0.25) is 10.0 Å². The number of aromatic nitrogens is 1. The number of nitrogens with one attached hydrogen (secondary N) is 1. The number of carbonyl (C=O) groups is 2. The van der Waals surface area contributed by atoms with Gasteiger partial charge in [0.15, 0.2) is 23.9 Å². The van der Waals surface area contributed by atoms with Crippen LogP contribution in [0.1, 0.15) is 57.6 Å². The van der Waals surface area contributed by atoms with Crippen molar-refractivity contribution in [2.45, 2.75) is 43.9 Å². The van der Waals surface area contributed by atoms with Crippen LogP contribution in [0.4, 0.5) is 0 Å². The fourth-order valence-corrected chi connectivity index (χ4v) is 7.45. The Labute approximate surface area is 307 Å². The molecule has 1 N–H and O–H groups in total. The molecule has 3 aliphatic heterocycles. The van der Waals surface area contributed by atoms with Gasteiger partial charge in [0.1, 0.15) is 28.3 Å². The highest BCUT2D eigenvalue weighted by Gasteiger charge is 2.38. The van der Waals surface area contributed by atoms with Gasteiger partial charge in [0.05, 0.1) is 19.8 Å². The van der Waals surface area contributed by atoms with Crippen LogP contribution in [0.15, 0.2) is 85.2 Å². The minimum atomic E-state index is -0.839. The molecule has 0 spiro atoms. The molecule has 10 nitrogen and oxygen atoms in total. The lowest BCUT2D eigenvalue weighted by atomic mass is 9.86. The molecular formula is C39H41Cl2N3O7. The van der Waals surface area contributed by atoms with Crippen molar-refractivity contribution in [1.29, 1.82) is 0 Å². The maximum Gasteiger partial charge on any atom is 0.338 e. The van der Waals surface area contributed by atoms with Gasteiger partial charge in [-0.25, -0.2) is 9.59 Å². The van der Waals surface area contributed by atoms with E-state index >= 15 is 0 Å². The summed E-state index contributed by atoms with van der Waals surface area (Å²) in [6.07, 6.45) is 4.24. The number of esters is 2. The molecule has 51 heavy (non-hydrogen) atoms. The van der Waals surface area contributed by atoms with Crippen molar-refractivity contribution in [3.63, 3.8) is 0 Å². The lowest BCUT2D eigenvalue weighted by Gasteiger charge is -2.44. The number of benzene rings is 3. The second kappa shape index (κ2) is 16.8. The summed E-state index contributed by atoms with van der Waals surface area (Å²) >= 11 is 12.8. The van der Waals surface area contributed by atoms with Crippen LogP contribution < -0.4 is 19.5 Å². The molecule has 12 heteroatoms. The van der Waals surface area contributed by atoms with Gasteiger partial charge in [0.25, 0.3) is 0 Å². The first-order valence-electron chi connectivity index (χ1n) is 17.0. The van der Waals surface area contributed by atoms with E-state index in [2.05, 4.69) is 10.2 Å². The van der Waals surface area contributed by atoms with Gasteiger partial charge in [-0.05, 0) is 79.2 Å². The third-order valence-electron chi connectivity index (χ3n) is 9.63. The molecule has 3 saturated heterocycles. The van der Waals surface area contributed by atoms with Gasteiger partial charge in [-0.3, -0.25) is 4.90 Å². The lowest BCUT2D eigenvalue weighted by Crippen LogP contribution is -2.52. The van der Waals surface area contributed by atoms with Crippen molar-refractivity contribution < 1.29 is 33.3 Å². The van der Waals surface area contributed by atoms with Crippen LogP contribution in [-0.2, 0) is 27.1 Å². The lowest BCUT2D eigenvalue weighted by molar-refractivity contribution is -0.605. The predicted molar refractivity (Wildman–Crippen MR) is 193 cm³/mol. The molecule has 0 aliphatic carbocycles. The summed E-state index contributed by atoms with van der Waals surface area (Å²) in [5.74, 6) is 0.542. The summed E-state index contributed by atoms with van der Waals surface area (Å²) in [6.45, 7) is 3.40. The molecule has 1 unspecified atom stereocenters. The highest BCUT2D eigenvalue weighted by molar-refractivity contribution is 6.35. The Morgan fingerprint density at radius 3 is 2.31 bits per heavy atom. The molecule has 0 saturated carbocycles. The summed E-state index contributed by atoms with van der Waals surface area (Å²) in [7, 11) is 3.05. The standard InChI is InChI=1S/C39H41Cl2N3O7/c1-48-33-12-11-28(20-35(33)49-2)34(21-30-31(40)22-44(47)23-32(30)41)50-38(45)29-10-6-7-25(19-29)13-16-42-37(27-8-4-3-5-9-27)39(46)51-36-24-43-17-14-26(36)15-18-43/h3-12,19-20,22-23,26,34,36-37,42H,13-18,21,24H2,1-2H3/t34-,36-,37?/m0/s1. The zero-order chi connectivity index (χ0) is 35.9. The van der Waals surface area contributed by atoms with E-state index in [9.17, 15) is 14.8 Å². The van der Waals surface area contributed by atoms with Gasteiger partial charge >= 0.3 is 11.9 Å². The van der Waals surface area contributed by atoms with Crippen LogP contribution in [0.5, 0.6) is 11.5 Å². The zero-order valence-corrected chi connectivity index (χ0v) is 30.1. The molecule has 268 valence electrons. The number of fused-ring (bicyclic) bond motifs is 3. The Kier molecular flexibility index (Phi) is 12.0. The number of hydrogen-bond acceptors (Lipinski definition) is 9. The minimum absolute atomic E-state index is 0.0875. The van der Waals surface area contributed by atoms with Crippen molar-refractivity contribution >= 4 is 35.1 Å². The highest BCUT2D eigenvalue weighted by Crippen LogP contribution is 2.36. The van der Waals surface area contributed by atoms with Crippen molar-refractivity contribution in [1.82, 2.24) is 10.2 Å². The predicted octanol–water partition coefficient (Wildman–Crippen LogP) is 6.30. The topological polar surface area (TPSA) is 113 Å². The highest BCUT2D eigenvalue weighted by atomic mass is 35.5. The maximum absolute atomic E-state index is 13.7. The molecule has 3 fully saturated rings. The minimum Gasteiger partial charge on any atom is -0.619 e. The quantitative estimate of drug-likeness (QED) is 0.0907. The molecule has 0 radical (unpaired) electrons. The summed E-state index contributed by atoms with van der Waals surface area (Å²) < 4.78 is 23.6. The number of halogens is 2. The first-order chi connectivity index (χ1) is 24.7. The number of carbonyl (C=O) groups excluding carboxylic acids is 2. The van der Waals surface area contributed by atoms with Crippen molar-refractivity contribution in [3.8, 4) is 11.5 Å². The Morgan fingerprint density at radius 1 is 0.922 bits per heavy atom. The largest absolute Gasteiger partial charge is 0.619 e. The second-order valence-corrected chi connectivity index (χ2v) is 13.7. The van der Waals surface area contributed by atoms with E-state index in [1.165, 1.54) is 26.6 Å². The van der Waals surface area contributed by atoms with Gasteiger partial charge in [-0.2, -0.15) is 4.73 Å². The van der Waals surface area contributed by atoms with Crippen LogP contribution in [-0.4, -0.2) is 63.3 Å². The van der Waals surface area contributed by atoms with E-state index in [4.69, 9.17) is 42.1 Å². The summed E-state index contributed by atoms with van der Waals surface area (Å²) in [5.41, 5.74) is 3.14. The number of rotatable bonds is 14. The number of piperidine rings is 3. The molecule has 3 aliphatic rings. The van der Waals surface area contributed by atoms with E-state index in [-0.39, 0.29) is 28.5 Å². The Morgan fingerprint density at radius 2 is 1.65 bits per heavy atom. The molecule has 2 bridgehead atoms. The first kappa shape index (κ1) is 36.4. The normalized spacial score (nSPS) is 19.2. The van der Waals surface area contributed by atoms with Crippen LogP contribution in [0, 0.1) is 11.1 Å². The van der Waals surface area contributed by atoms with Crippen molar-refractivity contribution in [2.75, 3.05) is 40.4 Å². The van der Waals surface area contributed by atoms with Gasteiger partial charge in [-0.15, -0.1) is 0 Å². The van der Waals surface area contributed by atoms with E-state index in [0.717, 1.165) is 43.6 Å². The Bertz CT molecular complexity index is 1810. The van der Waals surface area contributed by atoms with Crippen LogP contribution in [0.25, 0.3) is 0 Å². The summed E-state index contributed by atoms with van der Waals surface area (Å²) in [4.78, 5) is 29.6. The van der Waals surface area contributed by atoms with Crippen LogP contribution in [0.3, 0.4) is 0 Å². The fraction of sp³-hybridized carbons (Fsp3) is 0.359. The molecule has 1 aromatic heterocycles. The second-order valence-electron chi connectivity index (χ2n) is 12.9. The number of nitrogens with zero attached hydrogens (tertiary/aromatic N) is 2. The summed E-state index contributed by atoms with van der Waals surface area (Å²) in [5, 5.41) is 15.6. The first-order valence-corrected chi connectivity index (χ1v) is 17.8. The number of hydrogen-bond donors (Lipinski definition) is 1. The van der Waals surface area contributed by atoms with Gasteiger partial charge in [0, 0.05) is 25.1 Å². The van der Waals surface area contributed by atoms with Crippen molar-refractivity contribution in [2.24, 2.45) is 5.92 Å². The molecule has 7 rings (SSSR count). The number of ether oxygens (including phenoxy) is 4. The molecule has 0 amide bonds. The van der Waals surface area contributed by atoms with E-state index in [1.807, 2.05) is 36.4 Å². The van der Waals surface area contributed by atoms with E-state index < -0.39 is 18.1 Å². The molecule has 4 aromatic rings. The third kappa shape index (κ3) is 8.94. The Hall–Kier alpha value is -4.35. The Balaban J connectivity index is 1.15.